The van der Waals surface area contributed by atoms with Gasteiger partial charge in [-0.05, 0) is 96.7 Å². The number of hydrogen-bond acceptors (Lipinski definition) is 6. The number of anilines is 1. The molecule has 39 heavy (non-hydrogen) atoms. The zero-order valence-electron chi connectivity index (χ0n) is 21.3. The lowest BCUT2D eigenvalue weighted by molar-refractivity contribution is 0.0964. The summed E-state index contributed by atoms with van der Waals surface area (Å²) < 4.78 is 45.9. The van der Waals surface area contributed by atoms with Gasteiger partial charge in [0.05, 0.1) is 17.8 Å². The van der Waals surface area contributed by atoms with Crippen molar-refractivity contribution in [3.8, 4) is 11.3 Å². The fourth-order valence-electron chi connectivity index (χ4n) is 4.84. The number of hydrogen-bond donors (Lipinski definition) is 4. The number of benzene rings is 3. The maximum absolute atomic E-state index is 13.6. The molecule has 1 aliphatic carbocycles. The molecule has 4 aromatic rings. The van der Waals surface area contributed by atoms with Crippen LogP contribution in [0.25, 0.3) is 22.3 Å². The summed E-state index contributed by atoms with van der Waals surface area (Å²) in [4.78, 5) is 12.9. The number of carbonyl (C=O) groups excluding carboxylic acids is 1. The van der Waals surface area contributed by atoms with Crippen molar-refractivity contribution in [2.75, 3.05) is 11.4 Å². The lowest BCUT2D eigenvalue weighted by Gasteiger charge is -2.20. The summed E-state index contributed by atoms with van der Waals surface area (Å²) in [6, 6.07) is 16.4. The van der Waals surface area contributed by atoms with Crippen molar-refractivity contribution in [2.45, 2.75) is 38.0 Å². The summed E-state index contributed by atoms with van der Waals surface area (Å²) in [7, 11) is -2.91. The summed E-state index contributed by atoms with van der Waals surface area (Å²) >= 11 is 0. The number of fused-ring (bicyclic) bond motifs is 1. The first kappa shape index (κ1) is 26.9. The molecule has 0 saturated heterocycles. The summed E-state index contributed by atoms with van der Waals surface area (Å²) in [6.07, 6.45) is 2.44. The number of aryl methyl sites for hydroxylation is 1. The highest BCUT2D eigenvalue weighted by Gasteiger charge is 2.30. The molecule has 1 heterocycles. The molecule has 1 aliphatic rings. The Morgan fingerprint density at radius 3 is 2.51 bits per heavy atom. The molecule has 202 valence electrons. The fraction of sp³-hybridized carbons (Fsp3) is 0.250. The topological polar surface area (TPSA) is 120 Å². The van der Waals surface area contributed by atoms with E-state index in [9.17, 15) is 27.7 Å². The highest BCUT2D eigenvalue weighted by molar-refractivity contribution is 7.74. The first-order chi connectivity index (χ1) is 18.7. The van der Waals surface area contributed by atoms with Gasteiger partial charge < -0.3 is 19.8 Å². The van der Waals surface area contributed by atoms with Gasteiger partial charge in [0.25, 0.3) is 5.91 Å². The molecule has 1 fully saturated rings. The molecule has 0 unspecified atom stereocenters. The molecule has 8 nitrogen and oxygen atoms in total. The van der Waals surface area contributed by atoms with Gasteiger partial charge in [0.2, 0.25) is 10.9 Å². The molecule has 1 aromatic heterocycles. The van der Waals surface area contributed by atoms with E-state index in [1.165, 1.54) is 23.5 Å². The van der Waals surface area contributed by atoms with Gasteiger partial charge in [-0.3, -0.25) is 9.10 Å². The molecule has 0 bridgehead atoms. The highest BCUT2D eigenvalue weighted by Crippen LogP contribution is 2.45. The third kappa shape index (κ3) is 5.85. The van der Waals surface area contributed by atoms with Gasteiger partial charge in [-0.1, -0.05) is 12.1 Å². The van der Waals surface area contributed by atoms with Crippen molar-refractivity contribution >= 4 is 40.6 Å². The minimum absolute atomic E-state index is 0.0639. The minimum atomic E-state index is -3.00. The van der Waals surface area contributed by atoms with Gasteiger partial charge in [0, 0.05) is 18.0 Å². The van der Waals surface area contributed by atoms with Crippen molar-refractivity contribution in [2.24, 2.45) is 0 Å². The predicted octanol–water partition coefficient (Wildman–Crippen LogP) is 4.02. The molecule has 0 radical (unpaired) electrons. The summed E-state index contributed by atoms with van der Waals surface area (Å²) in [5.41, 5.74) is 4.30. The molecule has 5 rings (SSSR count). The molecule has 1 saturated carbocycles. The molecule has 0 aliphatic heterocycles. The molecule has 3 N–H and O–H groups in total. The Bertz CT molecular complexity index is 1590. The molecular weight excluding hydrogens is 522 g/mol. The Kier molecular flexibility index (Phi) is 7.74. The molecule has 1 amide bonds. The van der Waals surface area contributed by atoms with Crippen molar-refractivity contribution in [1.29, 1.82) is 0 Å². The molecule has 11 heteroatoms. The zero-order chi connectivity index (χ0) is 27.7. The maximum Gasteiger partial charge on any atom is 0.451 e. The largest absolute Gasteiger partial charge is 0.455 e. The van der Waals surface area contributed by atoms with Crippen LogP contribution < -0.4 is 9.62 Å². The SMILES string of the molecule is CNC(=O)c1c(-c2ccc(F)cc2)oc2cc(CN(c3cccc(CCB(O)O)c3)[SH](=O)=O)c(C3CC3)cc12. The van der Waals surface area contributed by atoms with E-state index in [2.05, 4.69) is 5.32 Å². The van der Waals surface area contributed by atoms with E-state index < -0.39 is 23.8 Å². The number of amides is 1. The number of thiol groups is 1. The average Bonchev–Trinajstić information content (AvgIpc) is 3.70. The van der Waals surface area contributed by atoms with Gasteiger partial charge in [-0.25, -0.2) is 12.8 Å². The van der Waals surface area contributed by atoms with Crippen LogP contribution in [0.1, 0.15) is 45.8 Å². The monoisotopic (exact) mass is 550 g/mol. The first-order valence-electron chi connectivity index (χ1n) is 12.7. The fourth-order valence-corrected chi connectivity index (χ4v) is 5.42. The van der Waals surface area contributed by atoms with E-state index in [4.69, 9.17) is 4.42 Å². The second kappa shape index (κ2) is 11.2. The van der Waals surface area contributed by atoms with Crippen LogP contribution in [0.4, 0.5) is 10.1 Å². The van der Waals surface area contributed by atoms with E-state index in [0.717, 1.165) is 29.5 Å². The van der Waals surface area contributed by atoms with Crippen LogP contribution in [0.5, 0.6) is 0 Å². The molecule has 0 atom stereocenters. The molecular formula is C28H28BFN2O6S. The van der Waals surface area contributed by atoms with Crippen molar-refractivity contribution in [1.82, 2.24) is 5.32 Å². The van der Waals surface area contributed by atoms with Crippen LogP contribution in [0.3, 0.4) is 0 Å². The number of nitrogens with zero attached hydrogens (tertiary/aromatic N) is 1. The Labute approximate surface area is 227 Å². The van der Waals surface area contributed by atoms with Crippen LogP contribution in [0.2, 0.25) is 6.32 Å². The standard InChI is InChI=1S/C28H28BFN2O6S/c1-31-28(33)26-24-15-23(18-5-6-18)20(14-25(24)38-27(26)19-7-9-21(30)10-8-19)16-32(39(36)37)22-4-2-3-17(13-22)11-12-29(34)35/h2-4,7-10,13-15,18,34-35,39H,5-6,11-12,16H2,1H3,(H,31,33). The Morgan fingerprint density at radius 1 is 1.13 bits per heavy atom. The third-order valence-corrected chi connectivity index (χ3v) is 7.71. The normalized spacial score (nSPS) is 13.2. The van der Waals surface area contributed by atoms with Gasteiger partial charge in [0.15, 0.2) is 0 Å². The number of rotatable bonds is 10. The van der Waals surface area contributed by atoms with Crippen LogP contribution in [-0.4, -0.2) is 38.5 Å². The van der Waals surface area contributed by atoms with Gasteiger partial charge >= 0.3 is 7.12 Å². The average molecular weight is 550 g/mol. The van der Waals surface area contributed by atoms with E-state index in [1.54, 1.807) is 36.4 Å². The lowest BCUT2D eigenvalue weighted by Crippen LogP contribution is -2.21. The van der Waals surface area contributed by atoms with Crippen LogP contribution >= 0.6 is 0 Å². The van der Waals surface area contributed by atoms with E-state index in [0.29, 0.717) is 40.0 Å². The van der Waals surface area contributed by atoms with Gasteiger partial charge in [-0.2, -0.15) is 0 Å². The summed E-state index contributed by atoms with van der Waals surface area (Å²) in [5, 5.41) is 21.7. The second-order valence-electron chi connectivity index (χ2n) is 9.70. The first-order valence-corrected chi connectivity index (χ1v) is 13.8. The Morgan fingerprint density at radius 2 is 1.87 bits per heavy atom. The minimum Gasteiger partial charge on any atom is -0.455 e. The summed E-state index contributed by atoms with van der Waals surface area (Å²) in [6.45, 7) is 0.0639. The second-order valence-corrected chi connectivity index (χ2v) is 10.7. The number of carbonyl (C=O) groups is 1. The quantitative estimate of drug-likeness (QED) is 0.175. The molecule has 0 spiro atoms. The van der Waals surface area contributed by atoms with Crippen molar-refractivity contribution in [3.05, 3.63) is 88.7 Å². The Hall–Kier alpha value is -3.67. The lowest BCUT2D eigenvalue weighted by atomic mass is 9.83. The Balaban J connectivity index is 1.59. The van der Waals surface area contributed by atoms with Crippen LogP contribution in [0, 0.1) is 5.82 Å². The number of furan rings is 1. The van der Waals surface area contributed by atoms with Gasteiger partial charge in [-0.15, -0.1) is 0 Å². The number of nitrogens with one attached hydrogen (secondary N) is 1. The van der Waals surface area contributed by atoms with Gasteiger partial charge in [0.1, 0.15) is 17.2 Å². The maximum atomic E-state index is 13.6. The number of halogens is 1. The summed E-state index contributed by atoms with van der Waals surface area (Å²) in [5.74, 6) is -0.182. The third-order valence-electron chi connectivity index (χ3n) is 6.94. The molecule has 3 aromatic carbocycles. The van der Waals surface area contributed by atoms with E-state index >= 15 is 0 Å². The zero-order valence-corrected chi connectivity index (χ0v) is 22.2. The van der Waals surface area contributed by atoms with Crippen molar-refractivity contribution in [3.63, 3.8) is 0 Å². The smallest absolute Gasteiger partial charge is 0.451 e. The van der Waals surface area contributed by atoms with Crippen LogP contribution in [-0.2, 0) is 23.9 Å². The predicted molar refractivity (Wildman–Crippen MR) is 149 cm³/mol. The highest BCUT2D eigenvalue weighted by atomic mass is 32.2. The van der Waals surface area contributed by atoms with Crippen LogP contribution in [0.15, 0.2) is 65.1 Å². The van der Waals surface area contributed by atoms with E-state index in [1.807, 2.05) is 12.1 Å². The van der Waals surface area contributed by atoms with E-state index in [-0.39, 0.29) is 24.7 Å². The van der Waals surface area contributed by atoms with Crippen molar-refractivity contribution < 1.29 is 32.1 Å².